The van der Waals surface area contributed by atoms with Crippen LogP contribution in [0.2, 0.25) is 0 Å². The van der Waals surface area contributed by atoms with Crippen molar-refractivity contribution < 1.29 is 13.2 Å². The Morgan fingerprint density at radius 2 is 2.15 bits per heavy atom. The zero-order valence-electron chi connectivity index (χ0n) is 14.4. The van der Waals surface area contributed by atoms with Crippen LogP contribution in [0.5, 0.6) is 0 Å². The molecule has 0 radical (unpaired) electrons. The molecule has 0 atom stereocenters. The van der Waals surface area contributed by atoms with Crippen molar-refractivity contribution in [3.05, 3.63) is 46.2 Å². The van der Waals surface area contributed by atoms with E-state index in [1.165, 1.54) is 12.1 Å². The molecule has 2 N–H and O–H groups in total. The zero-order chi connectivity index (χ0) is 18.7. The fraction of sp³-hybridized carbons (Fsp3) is 0.412. The summed E-state index contributed by atoms with van der Waals surface area (Å²) in [6.45, 7) is 3.15. The van der Waals surface area contributed by atoms with Gasteiger partial charge in [0.05, 0.1) is 16.7 Å². The Morgan fingerprint density at radius 1 is 1.38 bits per heavy atom. The summed E-state index contributed by atoms with van der Waals surface area (Å²) in [6.07, 6.45) is 6.18. The van der Waals surface area contributed by atoms with E-state index in [-0.39, 0.29) is 16.8 Å². The number of benzene rings is 1. The number of nitrogens with zero attached hydrogens (tertiary/aromatic N) is 2. The Balaban J connectivity index is 1.60. The Morgan fingerprint density at radius 3 is 2.81 bits per heavy atom. The average molecular weight is 441 g/mol. The molecule has 140 valence electrons. The molecule has 0 spiro atoms. The van der Waals surface area contributed by atoms with Gasteiger partial charge in [-0.05, 0) is 65.9 Å². The van der Waals surface area contributed by atoms with Crippen LogP contribution in [0.15, 0.2) is 40.0 Å². The van der Waals surface area contributed by atoms with Crippen molar-refractivity contribution in [1.29, 1.82) is 0 Å². The number of aromatic nitrogens is 2. The van der Waals surface area contributed by atoms with Gasteiger partial charge in [-0.3, -0.25) is 9.48 Å². The highest BCUT2D eigenvalue weighted by molar-refractivity contribution is 9.10. The van der Waals surface area contributed by atoms with Crippen LogP contribution in [0.4, 0.5) is 0 Å². The number of sulfonamides is 1. The van der Waals surface area contributed by atoms with E-state index in [2.05, 4.69) is 31.1 Å². The highest BCUT2D eigenvalue weighted by Gasteiger charge is 2.28. The lowest BCUT2D eigenvalue weighted by Gasteiger charge is -2.10. The minimum atomic E-state index is -3.59. The summed E-state index contributed by atoms with van der Waals surface area (Å²) in [5.74, 6) is -0.308. The van der Waals surface area contributed by atoms with Gasteiger partial charge in [-0.15, -0.1) is 0 Å². The van der Waals surface area contributed by atoms with Crippen LogP contribution in [0.1, 0.15) is 35.2 Å². The molecule has 1 saturated carbocycles. The number of carbonyl (C=O) groups is 1. The van der Waals surface area contributed by atoms with Gasteiger partial charge in [-0.1, -0.05) is 0 Å². The van der Waals surface area contributed by atoms with E-state index in [0.717, 1.165) is 24.8 Å². The van der Waals surface area contributed by atoms with Crippen molar-refractivity contribution in [1.82, 2.24) is 19.8 Å². The molecule has 1 aliphatic rings. The molecule has 0 saturated heterocycles. The first kappa shape index (κ1) is 19.1. The first-order valence-corrected chi connectivity index (χ1v) is 10.7. The van der Waals surface area contributed by atoms with Gasteiger partial charge in [0.15, 0.2) is 0 Å². The lowest BCUT2D eigenvalue weighted by molar-refractivity contribution is 0.0951. The van der Waals surface area contributed by atoms with Gasteiger partial charge in [0.25, 0.3) is 5.91 Å². The second kappa shape index (κ2) is 7.89. The van der Waals surface area contributed by atoms with E-state index >= 15 is 0 Å². The Hall–Kier alpha value is -1.71. The van der Waals surface area contributed by atoms with Gasteiger partial charge in [0, 0.05) is 29.8 Å². The smallest absolute Gasteiger partial charge is 0.252 e. The lowest BCUT2D eigenvalue weighted by Crippen LogP contribution is -2.28. The summed E-state index contributed by atoms with van der Waals surface area (Å²) in [6, 6.07) is 4.50. The maximum absolute atomic E-state index is 12.4. The zero-order valence-corrected chi connectivity index (χ0v) is 16.8. The average Bonchev–Trinajstić information content (AvgIpc) is 3.29. The third-order valence-corrected chi connectivity index (χ3v) is 6.21. The van der Waals surface area contributed by atoms with E-state index in [4.69, 9.17) is 0 Å². The maximum atomic E-state index is 12.4. The molecule has 7 nitrogen and oxygen atoms in total. The van der Waals surface area contributed by atoms with Crippen molar-refractivity contribution in [2.45, 2.75) is 43.7 Å². The van der Waals surface area contributed by atoms with Crippen molar-refractivity contribution >= 4 is 31.9 Å². The Kier molecular flexibility index (Phi) is 5.79. The summed E-state index contributed by atoms with van der Waals surface area (Å²) in [5, 5.41) is 7.02. The number of hydrogen-bond donors (Lipinski definition) is 2. The largest absolute Gasteiger partial charge is 0.352 e. The molecular weight excluding hydrogens is 420 g/mol. The summed E-state index contributed by atoms with van der Waals surface area (Å²) in [7, 11) is -3.59. The highest BCUT2D eigenvalue weighted by Crippen LogP contribution is 2.25. The molecule has 3 rings (SSSR count). The fourth-order valence-corrected chi connectivity index (χ4v) is 4.22. The van der Waals surface area contributed by atoms with Crippen molar-refractivity contribution in [3.63, 3.8) is 0 Å². The van der Waals surface area contributed by atoms with Gasteiger partial charge in [0.2, 0.25) is 10.0 Å². The van der Waals surface area contributed by atoms with Gasteiger partial charge in [0.1, 0.15) is 0 Å². The van der Waals surface area contributed by atoms with E-state index in [0.29, 0.717) is 23.1 Å². The van der Waals surface area contributed by atoms with Gasteiger partial charge >= 0.3 is 0 Å². The molecule has 1 aromatic heterocycles. The molecule has 0 unspecified atom stereocenters. The first-order chi connectivity index (χ1) is 12.3. The van der Waals surface area contributed by atoms with Crippen LogP contribution >= 0.6 is 15.9 Å². The van der Waals surface area contributed by atoms with Crippen LogP contribution in [-0.2, 0) is 16.6 Å². The molecule has 0 bridgehead atoms. The van der Waals surface area contributed by atoms with Crippen molar-refractivity contribution in [2.24, 2.45) is 0 Å². The van der Waals surface area contributed by atoms with Crippen molar-refractivity contribution in [2.75, 3.05) is 6.54 Å². The molecule has 1 aliphatic carbocycles. The number of hydrogen-bond acceptors (Lipinski definition) is 4. The quantitative estimate of drug-likeness (QED) is 0.615. The molecule has 1 amide bonds. The standard InChI is InChI=1S/C17H21BrN4O3S/c1-12-10-20-22(11-12)8-2-7-19-17(23)15-9-14(5-6-16(15)18)26(24,25)21-13-3-4-13/h5-6,9-11,13,21H,2-4,7-8H2,1H3,(H,19,23). The molecule has 9 heteroatoms. The Bertz CT molecular complexity index is 906. The van der Waals surface area contributed by atoms with Gasteiger partial charge < -0.3 is 5.32 Å². The van der Waals surface area contributed by atoms with Gasteiger partial charge in [-0.25, -0.2) is 13.1 Å². The number of carbonyl (C=O) groups excluding carboxylic acids is 1. The summed E-state index contributed by atoms with van der Waals surface area (Å²) in [5.41, 5.74) is 1.40. The number of nitrogens with one attached hydrogen (secondary N) is 2. The van der Waals surface area contributed by atoms with E-state index in [1.54, 1.807) is 12.3 Å². The second-order valence-electron chi connectivity index (χ2n) is 6.43. The van der Waals surface area contributed by atoms with Crippen LogP contribution in [0, 0.1) is 6.92 Å². The number of halogens is 1. The highest BCUT2D eigenvalue weighted by atomic mass is 79.9. The lowest BCUT2D eigenvalue weighted by atomic mass is 10.2. The molecule has 1 heterocycles. The SMILES string of the molecule is Cc1cnn(CCCNC(=O)c2cc(S(=O)(=O)NC3CC3)ccc2Br)c1. The summed E-state index contributed by atoms with van der Waals surface area (Å²) in [4.78, 5) is 12.5. The van der Waals surface area contributed by atoms with Crippen LogP contribution in [0.25, 0.3) is 0 Å². The third kappa shape index (κ3) is 4.93. The van der Waals surface area contributed by atoms with Crippen LogP contribution in [-0.4, -0.2) is 36.7 Å². The predicted molar refractivity (Wildman–Crippen MR) is 101 cm³/mol. The molecule has 0 aliphatic heterocycles. The number of rotatable bonds is 8. The number of amides is 1. The molecular formula is C17H21BrN4O3S. The molecule has 1 aromatic carbocycles. The minimum absolute atomic E-state index is 0.0202. The van der Waals surface area contributed by atoms with E-state index in [1.807, 2.05) is 17.8 Å². The molecule has 1 fully saturated rings. The molecule has 2 aromatic rings. The summed E-state index contributed by atoms with van der Waals surface area (Å²) >= 11 is 3.32. The minimum Gasteiger partial charge on any atom is -0.352 e. The van der Waals surface area contributed by atoms with Crippen LogP contribution < -0.4 is 10.0 Å². The first-order valence-electron chi connectivity index (χ1n) is 8.44. The topological polar surface area (TPSA) is 93.1 Å². The third-order valence-electron chi connectivity index (χ3n) is 4.00. The number of aryl methyl sites for hydroxylation is 2. The molecule has 26 heavy (non-hydrogen) atoms. The maximum Gasteiger partial charge on any atom is 0.252 e. The fourth-order valence-electron chi connectivity index (χ4n) is 2.46. The van der Waals surface area contributed by atoms with Gasteiger partial charge in [-0.2, -0.15) is 5.10 Å². The Labute approximate surface area is 161 Å². The monoisotopic (exact) mass is 440 g/mol. The van der Waals surface area contributed by atoms with Crippen molar-refractivity contribution in [3.8, 4) is 0 Å². The second-order valence-corrected chi connectivity index (χ2v) is 9.00. The summed E-state index contributed by atoms with van der Waals surface area (Å²) < 4.78 is 29.6. The normalized spacial score (nSPS) is 14.4. The van der Waals surface area contributed by atoms with E-state index in [9.17, 15) is 13.2 Å². The predicted octanol–water partition coefficient (Wildman–Crippen LogP) is 2.21. The van der Waals surface area contributed by atoms with Crippen LogP contribution in [0.3, 0.4) is 0 Å². The van der Waals surface area contributed by atoms with E-state index < -0.39 is 10.0 Å².